The van der Waals surface area contributed by atoms with Crippen LogP contribution in [-0.2, 0) is 21.4 Å². The Hall–Kier alpha value is -3.90. The smallest absolute Gasteiger partial charge is 0.339 e. The number of nitrogens with zero attached hydrogens (tertiary/aromatic N) is 2. The molecule has 1 heterocycles. The molecule has 43 heavy (non-hydrogen) atoms. The van der Waals surface area contributed by atoms with E-state index in [-0.39, 0.29) is 25.2 Å². The number of rotatable bonds is 8. The van der Waals surface area contributed by atoms with Crippen LogP contribution in [0.2, 0.25) is 0 Å². The molecule has 1 saturated carbocycles. The van der Waals surface area contributed by atoms with Gasteiger partial charge in [0.25, 0.3) is 0 Å². The molecular formula is C31H31F3N2O6S. The maximum atomic E-state index is 14.8. The molecule has 1 aliphatic carbocycles. The molecule has 8 nitrogen and oxygen atoms in total. The van der Waals surface area contributed by atoms with Crippen molar-refractivity contribution in [2.75, 3.05) is 11.4 Å². The highest BCUT2D eigenvalue weighted by molar-refractivity contribution is 7.89. The molecule has 5 rings (SSSR count). The SMILES string of the molecule is Cc1cc(F)c(F)c(S(=O)(=O)N2CC[C@@H]2C(=O)N(Cc2ccc(C3CCCCC3)cc2)c2ccc(C(=O)O)c(O)c2)c1F. The minimum atomic E-state index is -4.97. The van der Waals surface area contributed by atoms with Crippen LogP contribution in [-0.4, -0.2) is 47.4 Å². The Morgan fingerprint density at radius 1 is 0.953 bits per heavy atom. The van der Waals surface area contributed by atoms with Gasteiger partial charge < -0.3 is 15.1 Å². The normalized spacial score (nSPS) is 17.8. The van der Waals surface area contributed by atoms with Crippen molar-refractivity contribution in [1.29, 1.82) is 0 Å². The van der Waals surface area contributed by atoms with Crippen LogP contribution in [0.1, 0.15) is 71.5 Å². The molecule has 2 fully saturated rings. The van der Waals surface area contributed by atoms with E-state index in [1.165, 1.54) is 23.0 Å². The maximum absolute atomic E-state index is 14.8. The van der Waals surface area contributed by atoms with Gasteiger partial charge >= 0.3 is 5.97 Å². The van der Waals surface area contributed by atoms with Crippen LogP contribution < -0.4 is 4.90 Å². The average molecular weight is 617 g/mol. The first-order valence-electron chi connectivity index (χ1n) is 14.0. The monoisotopic (exact) mass is 616 g/mol. The van der Waals surface area contributed by atoms with Crippen molar-refractivity contribution in [3.63, 3.8) is 0 Å². The molecular weight excluding hydrogens is 585 g/mol. The van der Waals surface area contributed by atoms with Crippen molar-refractivity contribution < 1.29 is 41.4 Å². The lowest BCUT2D eigenvalue weighted by Gasteiger charge is -2.41. The van der Waals surface area contributed by atoms with E-state index in [2.05, 4.69) is 0 Å². The van der Waals surface area contributed by atoms with Crippen LogP contribution in [0.4, 0.5) is 18.9 Å². The van der Waals surface area contributed by atoms with Crippen LogP contribution in [0, 0.1) is 24.4 Å². The highest BCUT2D eigenvalue weighted by Gasteiger charge is 2.47. The Kier molecular flexibility index (Phi) is 8.53. The number of carbonyl (C=O) groups is 2. The number of halogens is 3. The van der Waals surface area contributed by atoms with Crippen molar-refractivity contribution in [1.82, 2.24) is 4.31 Å². The number of phenols is 1. The van der Waals surface area contributed by atoms with E-state index in [1.54, 1.807) is 0 Å². The Morgan fingerprint density at radius 2 is 1.63 bits per heavy atom. The number of carboxylic acid groups (broad SMARTS) is 1. The first-order chi connectivity index (χ1) is 20.4. The molecule has 0 bridgehead atoms. The molecule has 1 amide bonds. The van der Waals surface area contributed by atoms with Gasteiger partial charge in [0.05, 0.1) is 6.54 Å². The third kappa shape index (κ3) is 5.85. The van der Waals surface area contributed by atoms with Crippen LogP contribution in [0.3, 0.4) is 0 Å². The van der Waals surface area contributed by atoms with Crippen molar-refractivity contribution in [3.8, 4) is 5.75 Å². The topological polar surface area (TPSA) is 115 Å². The van der Waals surface area contributed by atoms with E-state index >= 15 is 0 Å². The second-order valence-electron chi connectivity index (χ2n) is 11.1. The number of sulfonamides is 1. The predicted molar refractivity (Wildman–Crippen MR) is 152 cm³/mol. The van der Waals surface area contributed by atoms with E-state index in [9.17, 15) is 41.4 Å². The van der Waals surface area contributed by atoms with Gasteiger partial charge in [-0.3, -0.25) is 4.79 Å². The molecule has 1 saturated heterocycles. The molecule has 0 radical (unpaired) electrons. The zero-order chi connectivity index (χ0) is 31.1. The molecule has 0 aromatic heterocycles. The summed E-state index contributed by atoms with van der Waals surface area (Å²) in [5, 5.41) is 19.7. The van der Waals surface area contributed by atoms with Gasteiger partial charge in [-0.25, -0.2) is 26.4 Å². The summed E-state index contributed by atoms with van der Waals surface area (Å²) in [5.41, 5.74) is 1.14. The van der Waals surface area contributed by atoms with Crippen molar-refractivity contribution in [2.24, 2.45) is 0 Å². The minimum absolute atomic E-state index is 0.0198. The summed E-state index contributed by atoms with van der Waals surface area (Å²) in [6.45, 7) is 0.798. The number of aryl methyl sites for hydroxylation is 1. The summed E-state index contributed by atoms with van der Waals surface area (Å²) >= 11 is 0. The molecule has 1 atom stereocenters. The van der Waals surface area contributed by atoms with E-state index in [1.807, 2.05) is 24.3 Å². The molecule has 3 aromatic carbocycles. The van der Waals surface area contributed by atoms with Gasteiger partial charge in [-0.2, -0.15) is 4.31 Å². The second kappa shape index (κ2) is 12.0. The first-order valence-corrected chi connectivity index (χ1v) is 15.5. The summed E-state index contributed by atoms with van der Waals surface area (Å²) in [5.74, 6) is -7.15. The molecule has 2 N–H and O–H groups in total. The molecule has 0 spiro atoms. The minimum Gasteiger partial charge on any atom is -0.507 e. The van der Waals surface area contributed by atoms with Gasteiger partial charge in [0.1, 0.15) is 23.2 Å². The third-order valence-corrected chi connectivity index (χ3v) is 10.2. The number of aromatic carboxylic acids is 1. The summed E-state index contributed by atoms with van der Waals surface area (Å²) in [7, 11) is -4.97. The van der Waals surface area contributed by atoms with Crippen LogP contribution >= 0.6 is 0 Å². The fourth-order valence-electron chi connectivity index (χ4n) is 5.80. The lowest BCUT2D eigenvalue weighted by atomic mass is 9.84. The maximum Gasteiger partial charge on any atom is 0.339 e. The van der Waals surface area contributed by atoms with E-state index in [4.69, 9.17) is 0 Å². The number of aromatic hydroxyl groups is 1. The predicted octanol–water partition coefficient (Wildman–Crippen LogP) is 5.86. The van der Waals surface area contributed by atoms with Crippen molar-refractivity contribution >= 4 is 27.6 Å². The lowest BCUT2D eigenvalue weighted by molar-refractivity contribution is -0.125. The molecule has 228 valence electrons. The fourth-order valence-corrected chi connectivity index (χ4v) is 7.62. The second-order valence-corrected chi connectivity index (χ2v) is 12.9. The van der Waals surface area contributed by atoms with E-state index < -0.39 is 67.2 Å². The van der Waals surface area contributed by atoms with Gasteiger partial charge in [-0.1, -0.05) is 43.5 Å². The summed E-state index contributed by atoms with van der Waals surface area (Å²) in [6.07, 6.45) is 5.74. The lowest BCUT2D eigenvalue weighted by Crippen LogP contribution is -2.59. The molecule has 3 aromatic rings. The number of carboxylic acids is 1. The van der Waals surface area contributed by atoms with Gasteiger partial charge in [0, 0.05) is 18.3 Å². The highest BCUT2D eigenvalue weighted by atomic mass is 32.2. The number of benzene rings is 3. The standard InChI is InChI=1S/C31H31F3N2O6S/c1-18-15-24(32)28(34)29(27(18)33)43(41,42)36-14-13-25(36)30(38)35(22-11-12-23(31(39)40)26(37)16-22)17-19-7-9-21(10-8-19)20-5-3-2-4-6-20/h7-12,15-16,20,25,37H,2-6,13-14,17H2,1H3,(H,39,40)/t25-/m1/s1. The zero-order valence-corrected chi connectivity index (χ0v) is 24.2. The number of hydrogen-bond donors (Lipinski definition) is 2. The van der Waals surface area contributed by atoms with Crippen molar-refractivity contribution in [2.45, 2.75) is 68.8 Å². The number of anilines is 1. The van der Waals surface area contributed by atoms with Crippen molar-refractivity contribution in [3.05, 3.63) is 88.2 Å². The third-order valence-electron chi connectivity index (χ3n) is 8.31. The fraction of sp³-hybridized carbons (Fsp3) is 0.355. The van der Waals surface area contributed by atoms with Crippen LogP contribution in [0.15, 0.2) is 53.4 Å². The average Bonchev–Trinajstić information content (AvgIpc) is 2.94. The van der Waals surface area contributed by atoms with Gasteiger partial charge in [-0.05, 0) is 67.0 Å². The highest BCUT2D eigenvalue weighted by Crippen LogP contribution is 2.36. The zero-order valence-electron chi connectivity index (χ0n) is 23.4. The quantitative estimate of drug-likeness (QED) is 0.307. The Balaban J connectivity index is 1.48. The summed E-state index contributed by atoms with van der Waals surface area (Å²) in [6, 6.07) is 10.4. The Morgan fingerprint density at radius 3 is 2.21 bits per heavy atom. The molecule has 2 aliphatic rings. The largest absolute Gasteiger partial charge is 0.507 e. The van der Waals surface area contributed by atoms with Gasteiger partial charge in [-0.15, -0.1) is 0 Å². The Bertz CT molecular complexity index is 1650. The molecule has 12 heteroatoms. The number of carbonyl (C=O) groups excluding carboxylic acids is 1. The number of hydrogen-bond acceptors (Lipinski definition) is 5. The van der Waals surface area contributed by atoms with Gasteiger partial charge in [0.15, 0.2) is 16.5 Å². The van der Waals surface area contributed by atoms with Crippen LogP contribution in [0.5, 0.6) is 5.75 Å². The molecule has 1 aliphatic heterocycles. The van der Waals surface area contributed by atoms with Crippen LogP contribution in [0.25, 0.3) is 0 Å². The van der Waals surface area contributed by atoms with E-state index in [0.29, 0.717) is 21.9 Å². The van der Waals surface area contributed by atoms with E-state index in [0.717, 1.165) is 44.7 Å². The Labute approximate surface area is 247 Å². The molecule has 0 unspecified atom stereocenters. The van der Waals surface area contributed by atoms with Gasteiger partial charge in [0.2, 0.25) is 15.9 Å². The summed E-state index contributed by atoms with van der Waals surface area (Å²) < 4.78 is 70.9. The first kappa shape index (κ1) is 30.6. The summed E-state index contributed by atoms with van der Waals surface area (Å²) in [4.78, 5) is 25.1. The number of amides is 1.